The van der Waals surface area contributed by atoms with Crippen LogP contribution in [-0.2, 0) is 5.54 Å². The minimum absolute atomic E-state index is 0.252. The molecule has 6 heteroatoms. The van der Waals surface area contributed by atoms with Gasteiger partial charge in [-0.05, 0) is 33.3 Å². The number of anilines is 1. The fourth-order valence-corrected chi connectivity index (χ4v) is 3.87. The van der Waals surface area contributed by atoms with Crippen molar-refractivity contribution in [1.29, 1.82) is 0 Å². The number of rotatable bonds is 3. The molecule has 3 aromatic rings. The minimum atomic E-state index is -0.252. The maximum Gasteiger partial charge on any atom is 0.139 e. The Morgan fingerprint density at radius 2 is 1.95 bits per heavy atom. The normalized spacial score (nSPS) is 12.0. The summed E-state index contributed by atoms with van der Waals surface area (Å²) >= 11 is 3.36. The van der Waals surface area contributed by atoms with Crippen LogP contribution in [-0.4, -0.2) is 15.0 Å². The first-order valence-electron chi connectivity index (χ1n) is 6.38. The lowest BCUT2D eigenvalue weighted by molar-refractivity contribution is 0.602. The van der Waals surface area contributed by atoms with Crippen LogP contribution in [0.25, 0.3) is 10.2 Å². The third kappa shape index (κ3) is 2.19. The molecular formula is C14H16N4S2. The van der Waals surface area contributed by atoms with Crippen LogP contribution in [0.4, 0.5) is 5.82 Å². The summed E-state index contributed by atoms with van der Waals surface area (Å²) < 4.78 is 0. The third-order valence-electron chi connectivity index (χ3n) is 3.36. The number of hydrogen-bond donors (Lipinski definition) is 1. The predicted octanol–water partition coefficient (Wildman–Crippen LogP) is 4.11. The van der Waals surface area contributed by atoms with Crippen molar-refractivity contribution in [2.24, 2.45) is 0 Å². The first-order chi connectivity index (χ1) is 9.49. The number of fused-ring (bicyclic) bond motifs is 1. The van der Waals surface area contributed by atoms with Gasteiger partial charge in [-0.2, -0.15) is 0 Å². The lowest BCUT2D eigenvalue weighted by Crippen LogP contribution is -2.28. The molecule has 0 amide bonds. The summed E-state index contributed by atoms with van der Waals surface area (Å²) in [6.45, 7) is 8.49. The Hall–Kier alpha value is -1.53. The average Bonchev–Trinajstić information content (AvgIpc) is 3.00. The molecule has 0 unspecified atom stereocenters. The molecule has 0 aliphatic carbocycles. The highest BCUT2D eigenvalue weighted by Crippen LogP contribution is 2.35. The van der Waals surface area contributed by atoms with Crippen molar-refractivity contribution < 1.29 is 0 Å². The van der Waals surface area contributed by atoms with Crippen LogP contribution in [0.15, 0.2) is 17.9 Å². The second-order valence-electron chi connectivity index (χ2n) is 5.27. The average molecular weight is 304 g/mol. The van der Waals surface area contributed by atoms with Crippen LogP contribution in [0, 0.1) is 13.8 Å². The summed E-state index contributed by atoms with van der Waals surface area (Å²) in [7, 11) is 0. The maximum atomic E-state index is 4.44. The molecule has 3 heterocycles. The molecule has 0 aromatic carbocycles. The van der Waals surface area contributed by atoms with Crippen LogP contribution in [0.3, 0.4) is 0 Å². The number of nitrogens with one attached hydrogen (secondary N) is 1. The van der Waals surface area contributed by atoms with Gasteiger partial charge in [0.15, 0.2) is 0 Å². The Labute approximate surface area is 125 Å². The number of thiazole rings is 1. The minimum Gasteiger partial charge on any atom is -0.358 e. The molecule has 1 N–H and O–H groups in total. The fraction of sp³-hybridized carbons (Fsp3) is 0.357. The van der Waals surface area contributed by atoms with Gasteiger partial charge in [0.1, 0.15) is 22.0 Å². The molecule has 0 saturated carbocycles. The number of hydrogen-bond acceptors (Lipinski definition) is 6. The van der Waals surface area contributed by atoms with Crippen LogP contribution in [0.2, 0.25) is 0 Å². The van der Waals surface area contributed by atoms with Gasteiger partial charge in [-0.15, -0.1) is 22.7 Å². The number of nitrogens with zero attached hydrogens (tertiary/aromatic N) is 3. The Morgan fingerprint density at radius 1 is 1.15 bits per heavy atom. The summed E-state index contributed by atoms with van der Waals surface area (Å²) in [6.07, 6.45) is 3.46. The lowest BCUT2D eigenvalue weighted by atomic mass is 10.1. The molecule has 0 spiro atoms. The zero-order valence-electron chi connectivity index (χ0n) is 11.9. The Morgan fingerprint density at radius 3 is 2.65 bits per heavy atom. The van der Waals surface area contributed by atoms with E-state index in [4.69, 9.17) is 0 Å². The first kappa shape index (κ1) is 13.5. The first-order valence-corrected chi connectivity index (χ1v) is 8.07. The molecule has 0 fully saturated rings. The van der Waals surface area contributed by atoms with Gasteiger partial charge in [-0.1, -0.05) is 0 Å². The second-order valence-corrected chi connectivity index (χ2v) is 7.37. The molecule has 0 bridgehead atoms. The molecule has 0 aliphatic heterocycles. The molecular weight excluding hydrogens is 288 g/mol. The highest BCUT2D eigenvalue weighted by molar-refractivity contribution is 7.18. The number of thiophene rings is 1. The fourth-order valence-electron chi connectivity index (χ4n) is 2.16. The zero-order valence-corrected chi connectivity index (χ0v) is 13.5. The van der Waals surface area contributed by atoms with E-state index in [2.05, 4.69) is 48.0 Å². The lowest BCUT2D eigenvalue weighted by Gasteiger charge is -2.24. The third-order valence-corrected chi connectivity index (χ3v) is 5.58. The molecule has 0 aliphatic rings. The Balaban J connectivity index is 2.07. The van der Waals surface area contributed by atoms with E-state index in [-0.39, 0.29) is 5.54 Å². The van der Waals surface area contributed by atoms with Crippen molar-refractivity contribution in [3.63, 3.8) is 0 Å². The maximum absolute atomic E-state index is 4.44. The van der Waals surface area contributed by atoms with Gasteiger partial charge in [0.25, 0.3) is 0 Å². The molecule has 3 aromatic heterocycles. The van der Waals surface area contributed by atoms with E-state index in [0.29, 0.717) is 0 Å². The highest BCUT2D eigenvalue weighted by atomic mass is 32.1. The van der Waals surface area contributed by atoms with Crippen LogP contribution < -0.4 is 5.32 Å². The van der Waals surface area contributed by atoms with Crippen LogP contribution in [0.5, 0.6) is 0 Å². The van der Waals surface area contributed by atoms with Crippen LogP contribution >= 0.6 is 22.7 Å². The summed E-state index contributed by atoms with van der Waals surface area (Å²) in [5.74, 6) is 0.886. The second kappa shape index (κ2) is 4.79. The SMILES string of the molecule is Cc1sc2ncnc(NC(C)(C)c3nccs3)c2c1C. The van der Waals surface area contributed by atoms with Crippen LogP contribution in [0.1, 0.15) is 29.3 Å². The van der Waals surface area contributed by atoms with E-state index in [1.54, 1.807) is 29.0 Å². The summed E-state index contributed by atoms with van der Waals surface area (Å²) in [4.78, 5) is 15.5. The molecule has 4 nitrogen and oxygen atoms in total. The van der Waals surface area contributed by atoms with Gasteiger partial charge in [-0.25, -0.2) is 15.0 Å². The van der Waals surface area contributed by atoms with E-state index >= 15 is 0 Å². The quantitative estimate of drug-likeness (QED) is 0.791. The van der Waals surface area contributed by atoms with Crippen molar-refractivity contribution in [3.05, 3.63) is 33.4 Å². The summed E-state index contributed by atoms with van der Waals surface area (Å²) in [6, 6.07) is 0. The van der Waals surface area contributed by atoms with Gasteiger partial charge in [0.2, 0.25) is 0 Å². The highest BCUT2D eigenvalue weighted by Gasteiger charge is 2.25. The summed E-state index contributed by atoms with van der Waals surface area (Å²) in [5.41, 5.74) is 1.00. The predicted molar refractivity (Wildman–Crippen MR) is 85.7 cm³/mol. The van der Waals surface area contributed by atoms with Gasteiger partial charge >= 0.3 is 0 Å². The molecule has 0 radical (unpaired) electrons. The Kier molecular flexibility index (Phi) is 3.22. The van der Waals surface area contributed by atoms with Gasteiger partial charge in [-0.3, -0.25) is 0 Å². The van der Waals surface area contributed by atoms with Crippen molar-refractivity contribution in [3.8, 4) is 0 Å². The monoisotopic (exact) mass is 304 g/mol. The largest absolute Gasteiger partial charge is 0.358 e. The summed E-state index contributed by atoms with van der Waals surface area (Å²) in [5, 5.41) is 7.69. The number of aromatic nitrogens is 3. The van der Waals surface area contributed by atoms with Gasteiger partial charge in [0, 0.05) is 16.5 Å². The smallest absolute Gasteiger partial charge is 0.139 e. The van der Waals surface area contributed by atoms with E-state index < -0.39 is 0 Å². The van der Waals surface area contributed by atoms with Crippen molar-refractivity contribution in [2.75, 3.05) is 5.32 Å². The van der Waals surface area contributed by atoms with Crippen molar-refractivity contribution >= 4 is 38.7 Å². The van der Waals surface area contributed by atoms with E-state index in [0.717, 1.165) is 21.0 Å². The van der Waals surface area contributed by atoms with Crippen molar-refractivity contribution in [2.45, 2.75) is 33.2 Å². The molecule has 20 heavy (non-hydrogen) atoms. The molecule has 0 saturated heterocycles. The van der Waals surface area contributed by atoms with E-state index in [1.165, 1.54) is 10.4 Å². The topological polar surface area (TPSA) is 50.7 Å². The van der Waals surface area contributed by atoms with E-state index in [1.807, 2.05) is 11.6 Å². The van der Waals surface area contributed by atoms with Gasteiger partial charge < -0.3 is 5.32 Å². The molecule has 3 rings (SSSR count). The number of aryl methyl sites for hydroxylation is 2. The Bertz CT molecular complexity index is 744. The standard InChI is InChI=1S/C14H16N4S2/c1-8-9(2)20-12-10(8)11(16-7-17-12)18-14(3,4)13-15-5-6-19-13/h5-7H,1-4H3,(H,16,17,18). The molecule has 104 valence electrons. The molecule has 0 atom stereocenters. The van der Waals surface area contributed by atoms with E-state index in [9.17, 15) is 0 Å². The van der Waals surface area contributed by atoms with Gasteiger partial charge in [0.05, 0.1) is 10.9 Å². The zero-order chi connectivity index (χ0) is 14.3. The van der Waals surface area contributed by atoms with Crippen molar-refractivity contribution in [1.82, 2.24) is 15.0 Å².